The van der Waals surface area contributed by atoms with Gasteiger partial charge in [-0.15, -0.1) is 0 Å². The molecule has 106 valence electrons. The normalized spacial score (nSPS) is 12.3. The van der Waals surface area contributed by atoms with Crippen LogP contribution in [0.4, 0.5) is 5.95 Å². The van der Waals surface area contributed by atoms with Gasteiger partial charge in [-0.25, -0.2) is 4.98 Å². The van der Waals surface area contributed by atoms with Gasteiger partial charge in [0.1, 0.15) is 0 Å². The highest BCUT2D eigenvalue weighted by molar-refractivity contribution is 6.00. The number of aromatic nitrogens is 2. The molecular formula is C17H17N3O. The van der Waals surface area contributed by atoms with Crippen molar-refractivity contribution in [1.82, 2.24) is 9.55 Å². The van der Waals surface area contributed by atoms with Crippen molar-refractivity contribution >= 4 is 22.8 Å². The molecule has 0 saturated heterocycles. The number of fused-ring (bicyclic) bond motifs is 1. The Kier molecular flexibility index (Phi) is 3.44. The van der Waals surface area contributed by atoms with Gasteiger partial charge in [0.05, 0.1) is 17.1 Å². The molecule has 1 atom stereocenters. The fraction of sp³-hybridized carbons (Fsp3) is 0.176. The van der Waals surface area contributed by atoms with Crippen molar-refractivity contribution in [3.05, 3.63) is 60.2 Å². The smallest absolute Gasteiger partial charge is 0.204 e. The van der Waals surface area contributed by atoms with Crippen LogP contribution in [0, 0.1) is 0 Å². The molecule has 1 unspecified atom stereocenters. The van der Waals surface area contributed by atoms with Crippen LogP contribution in [0.5, 0.6) is 0 Å². The minimum atomic E-state index is -0.317. The van der Waals surface area contributed by atoms with E-state index in [0.717, 1.165) is 11.0 Å². The van der Waals surface area contributed by atoms with Crippen LogP contribution in [-0.4, -0.2) is 22.4 Å². The van der Waals surface area contributed by atoms with Gasteiger partial charge in [-0.05, 0) is 19.1 Å². The molecule has 0 fully saturated rings. The lowest BCUT2D eigenvalue weighted by Gasteiger charge is -2.16. The fourth-order valence-electron chi connectivity index (χ4n) is 2.57. The number of anilines is 1. The predicted molar refractivity (Wildman–Crippen MR) is 84.8 cm³/mol. The number of para-hydroxylation sites is 2. The number of nitrogens with zero attached hydrogens (tertiary/aromatic N) is 2. The third kappa shape index (κ3) is 2.29. The summed E-state index contributed by atoms with van der Waals surface area (Å²) in [7, 11) is 1.82. The second kappa shape index (κ2) is 5.40. The highest BCUT2D eigenvalue weighted by Crippen LogP contribution is 2.26. The highest BCUT2D eigenvalue weighted by atomic mass is 16.1. The zero-order chi connectivity index (χ0) is 14.8. The first kappa shape index (κ1) is 13.4. The molecule has 0 spiro atoms. The van der Waals surface area contributed by atoms with Gasteiger partial charge < -0.3 is 5.32 Å². The number of imidazole rings is 1. The maximum Gasteiger partial charge on any atom is 0.204 e. The molecule has 4 heteroatoms. The summed E-state index contributed by atoms with van der Waals surface area (Å²) in [6.07, 6.45) is 0. The lowest BCUT2D eigenvalue weighted by molar-refractivity contribution is 0.0938. The minimum absolute atomic E-state index is 0.0789. The average Bonchev–Trinajstić information content (AvgIpc) is 2.92. The molecule has 1 heterocycles. The lowest BCUT2D eigenvalue weighted by atomic mass is 10.1. The first-order valence-electron chi connectivity index (χ1n) is 6.96. The molecule has 3 rings (SSSR count). The maximum absolute atomic E-state index is 12.7. The summed E-state index contributed by atoms with van der Waals surface area (Å²) in [6, 6.07) is 16.9. The van der Waals surface area contributed by atoms with Gasteiger partial charge in [0.25, 0.3) is 0 Å². The highest BCUT2D eigenvalue weighted by Gasteiger charge is 2.21. The van der Waals surface area contributed by atoms with Crippen molar-refractivity contribution in [2.45, 2.75) is 13.0 Å². The Balaban J connectivity index is 2.09. The molecule has 4 nitrogen and oxygen atoms in total. The lowest BCUT2D eigenvalue weighted by Crippen LogP contribution is -2.18. The summed E-state index contributed by atoms with van der Waals surface area (Å²) < 4.78 is 1.95. The van der Waals surface area contributed by atoms with E-state index < -0.39 is 0 Å². The van der Waals surface area contributed by atoms with Crippen LogP contribution in [0.25, 0.3) is 11.0 Å². The van der Waals surface area contributed by atoms with E-state index in [1.165, 1.54) is 0 Å². The van der Waals surface area contributed by atoms with E-state index in [2.05, 4.69) is 10.3 Å². The Hall–Kier alpha value is -2.62. The summed E-state index contributed by atoms with van der Waals surface area (Å²) in [5.41, 5.74) is 2.55. The SMILES string of the molecule is CNc1nc2ccccc2n1C(C)C(=O)c1ccccc1. The zero-order valence-electron chi connectivity index (χ0n) is 12.1. The number of carbonyl (C=O) groups excluding carboxylic acids is 1. The van der Waals surface area contributed by atoms with Crippen LogP contribution in [0.15, 0.2) is 54.6 Å². The van der Waals surface area contributed by atoms with Crippen molar-refractivity contribution in [3.8, 4) is 0 Å². The first-order chi connectivity index (χ1) is 10.2. The van der Waals surface area contributed by atoms with E-state index in [1.807, 2.05) is 73.1 Å². The molecule has 0 bridgehead atoms. The molecule has 2 aromatic carbocycles. The quantitative estimate of drug-likeness (QED) is 0.743. The van der Waals surface area contributed by atoms with Gasteiger partial charge in [0.2, 0.25) is 5.95 Å². The summed E-state index contributed by atoms with van der Waals surface area (Å²) in [5, 5.41) is 3.07. The second-order valence-corrected chi connectivity index (χ2v) is 4.95. The monoisotopic (exact) mass is 279 g/mol. The van der Waals surface area contributed by atoms with Gasteiger partial charge in [-0.3, -0.25) is 9.36 Å². The molecule has 1 aromatic heterocycles. The predicted octanol–water partition coefficient (Wildman–Crippen LogP) is 3.52. The number of carbonyl (C=O) groups is 1. The van der Waals surface area contributed by atoms with E-state index in [-0.39, 0.29) is 11.8 Å². The molecule has 3 aromatic rings. The van der Waals surface area contributed by atoms with Crippen LogP contribution in [0.3, 0.4) is 0 Å². The Bertz CT molecular complexity index is 777. The van der Waals surface area contributed by atoms with Crippen molar-refractivity contribution in [2.75, 3.05) is 12.4 Å². The van der Waals surface area contributed by atoms with Crippen molar-refractivity contribution in [2.24, 2.45) is 0 Å². The number of hydrogen-bond acceptors (Lipinski definition) is 3. The number of rotatable bonds is 4. The summed E-state index contributed by atoms with van der Waals surface area (Å²) in [4.78, 5) is 17.2. The van der Waals surface area contributed by atoms with E-state index in [0.29, 0.717) is 11.5 Å². The standard InChI is InChI=1S/C17H17N3O/c1-12(16(21)13-8-4-3-5-9-13)20-15-11-7-6-10-14(15)19-17(20)18-2/h3-12H,1-2H3,(H,18,19). The minimum Gasteiger partial charge on any atom is -0.359 e. The number of ketones is 1. The third-order valence-corrected chi connectivity index (χ3v) is 3.64. The van der Waals surface area contributed by atoms with E-state index in [9.17, 15) is 4.79 Å². The molecule has 0 aliphatic heterocycles. The number of benzene rings is 2. The molecule has 0 aliphatic carbocycles. The first-order valence-corrected chi connectivity index (χ1v) is 6.96. The zero-order valence-corrected chi connectivity index (χ0v) is 12.1. The van der Waals surface area contributed by atoms with Gasteiger partial charge in [-0.2, -0.15) is 0 Å². The van der Waals surface area contributed by atoms with Gasteiger partial charge in [0, 0.05) is 12.6 Å². The molecule has 21 heavy (non-hydrogen) atoms. The fourth-order valence-corrected chi connectivity index (χ4v) is 2.57. The third-order valence-electron chi connectivity index (χ3n) is 3.64. The van der Waals surface area contributed by atoms with Crippen molar-refractivity contribution in [1.29, 1.82) is 0 Å². The van der Waals surface area contributed by atoms with E-state index >= 15 is 0 Å². The largest absolute Gasteiger partial charge is 0.359 e. The Morgan fingerprint density at radius 3 is 2.48 bits per heavy atom. The molecule has 0 amide bonds. The molecule has 1 N–H and O–H groups in total. The van der Waals surface area contributed by atoms with Crippen molar-refractivity contribution in [3.63, 3.8) is 0 Å². The van der Waals surface area contributed by atoms with Gasteiger partial charge in [-0.1, -0.05) is 42.5 Å². The maximum atomic E-state index is 12.7. The summed E-state index contributed by atoms with van der Waals surface area (Å²) in [6.45, 7) is 1.91. The van der Waals surface area contributed by atoms with Crippen LogP contribution < -0.4 is 5.32 Å². The molecule has 0 radical (unpaired) electrons. The van der Waals surface area contributed by atoms with E-state index in [4.69, 9.17) is 0 Å². The summed E-state index contributed by atoms with van der Waals surface area (Å²) >= 11 is 0. The van der Waals surface area contributed by atoms with Crippen LogP contribution in [0.2, 0.25) is 0 Å². The van der Waals surface area contributed by atoms with Crippen LogP contribution in [-0.2, 0) is 0 Å². The van der Waals surface area contributed by atoms with Crippen LogP contribution >= 0.6 is 0 Å². The Morgan fingerprint density at radius 2 is 1.76 bits per heavy atom. The topological polar surface area (TPSA) is 46.9 Å². The number of nitrogens with one attached hydrogen (secondary N) is 1. The molecule has 0 saturated carbocycles. The molecule has 0 aliphatic rings. The average molecular weight is 279 g/mol. The van der Waals surface area contributed by atoms with Crippen molar-refractivity contribution < 1.29 is 4.79 Å². The summed E-state index contributed by atoms with van der Waals surface area (Å²) in [5.74, 6) is 0.781. The van der Waals surface area contributed by atoms with Crippen LogP contribution in [0.1, 0.15) is 23.3 Å². The second-order valence-electron chi connectivity index (χ2n) is 4.95. The van der Waals surface area contributed by atoms with Gasteiger partial charge >= 0.3 is 0 Å². The van der Waals surface area contributed by atoms with Gasteiger partial charge in [0.15, 0.2) is 5.78 Å². The Morgan fingerprint density at radius 1 is 1.10 bits per heavy atom. The van der Waals surface area contributed by atoms with E-state index in [1.54, 1.807) is 0 Å². The number of Topliss-reactive ketones (excluding diaryl/α,β-unsaturated/α-hetero) is 1. The Labute approximate surface area is 123 Å². The molecular weight excluding hydrogens is 262 g/mol. The number of hydrogen-bond donors (Lipinski definition) is 1.